The van der Waals surface area contributed by atoms with Crippen LogP contribution in [0.1, 0.15) is 25.0 Å². The van der Waals surface area contributed by atoms with Gasteiger partial charge in [0.1, 0.15) is 5.82 Å². The van der Waals surface area contributed by atoms with Gasteiger partial charge in [0.25, 0.3) is 0 Å². The van der Waals surface area contributed by atoms with Gasteiger partial charge >= 0.3 is 0 Å². The number of rotatable bonds is 5. The van der Waals surface area contributed by atoms with Crippen LogP contribution in [0, 0.1) is 17.1 Å². The highest BCUT2D eigenvalue weighted by atomic mass is 32.2. The summed E-state index contributed by atoms with van der Waals surface area (Å²) in [6, 6.07) is 6.37. The van der Waals surface area contributed by atoms with E-state index in [0.29, 0.717) is 23.6 Å². The van der Waals surface area contributed by atoms with Crippen molar-refractivity contribution >= 4 is 17.7 Å². The summed E-state index contributed by atoms with van der Waals surface area (Å²) in [5.41, 5.74) is 0.821. The zero-order valence-electron chi connectivity index (χ0n) is 12.8. The lowest BCUT2D eigenvalue weighted by atomic mass is 10.1. The maximum Gasteiger partial charge on any atom is 0.191 e. The highest BCUT2D eigenvalue weighted by Crippen LogP contribution is 2.19. The molecule has 6 heteroatoms. The van der Waals surface area contributed by atoms with Crippen LogP contribution in [0.15, 0.2) is 23.2 Å². The average molecular weight is 308 g/mol. The molecular formula is C15H21FN4S. The van der Waals surface area contributed by atoms with Gasteiger partial charge in [0.2, 0.25) is 0 Å². The van der Waals surface area contributed by atoms with E-state index < -0.39 is 0 Å². The molecule has 0 radical (unpaired) electrons. The van der Waals surface area contributed by atoms with Crippen LogP contribution in [0.3, 0.4) is 0 Å². The second-order valence-corrected chi connectivity index (χ2v) is 6.67. The van der Waals surface area contributed by atoms with Crippen molar-refractivity contribution in [2.75, 3.05) is 19.8 Å². The number of hydrogen-bond acceptors (Lipinski definition) is 3. The van der Waals surface area contributed by atoms with Gasteiger partial charge in [-0.15, -0.1) is 0 Å². The van der Waals surface area contributed by atoms with Crippen molar-refractivity contribution in [3.8, 4) is 6.07 Å². The standard InChI is InChI=1S/C15H21FN4S/c1-15(2,21-4)10-20-14(18-3)19-9-12-6-5-11(8-17)7-13(12)16/h5-7H,9-10H2,1-4H3,(H2,18,19,20). The molecule has 0 atom stereocenters. The van der Waals surface area contributed by atoms with Gasteiger partial charge in [0, 0.05) is 30.4 Å². The topological polar surface area (TPSA) is 60.2 Å². The molecule has 0 fully saturated rings. The number of nitrogens with zero attached hydrogens (tertiary/aromatic N) is 2. The van der Waals surface area contributed by atoms with Crippen LogP contribution in [-0.4, -0.2) is 30.6 Å². The van der Waals surface area contributed by atoms with Crippen LogP contribution in [-0.2, 0) is 6.54 Å². The third-order valence-corrected chi connectivity index (χ3v) is 4.34. The first-order valence-electron chi connectivity index (χ1n) is 6.60. The van der Waals surface area contributed by atoms with Crippen LogP contribution in [0.5, 0.6) is 0 Å². The van der Waals surface area contributed by atoms with E-state index in [2.05, 4.69) is 35.7 Å². The fraction of sp³-hybridized carbons (Fsp3) is 0.467. The average Bonchev–Trinajstić information content (AvgIpc) is 2.48. The fourth-order valence-corrected chi connectivity index (χ4v) is 1.75. The highest BCUT2D eigenvalue weighted by molar-refractivity contribution is 7.99. The van der Waals surface area contributed by atoms with Gasteiger partial charge in [-0.05, 0) is 32.2 Å². The monoisotopic (exact) mass is 308 g/mol. The van der Waals surface area contributed by atoms with Crippen LogP contribution < -0.4 is 10.6 Å². The van der Waals surface area contributed by atoms with Crippen LogP contribution in [0.25, 0.3) is 0 Å². The lowest BCUT2D eigenvalue weighted by Gasteiger charge is -2.23. The Morgan fingerprint density at radius 2 is 2.14 bits per heavy atom. The zero-order chi connectivity index (χ0) is 15.9. The molecule has 0 bridgehead atoms. The Morgan fingerprint density at radius 1 is 1.43 bits per heavy atom. The van der Waals surface area contributed by atoms with Gasteiger partial charge in [0.05, 0.1) is 11.6 Å². The Kier molecular flexibility index (Phi) is 6.50. The van der Waals surface area contributed by atoms with E-state index >= 15 is 0 Å². The number of thioether (sulfide) groups is 1. The Bertz CT molecular complexity index is 549. The summed E-state index contributed by atoms with van der Waals surface area (Å²) in [7, 11) is 1.68. The molecule has 21 heavy (non-hydrogen) atoms. The van der Waals surface area contributed by atoms with Gasteiger partial charge in [0.15, 0.2) is 5.96 Å². The first-order chi connectivity index (χ1) is 9.91. The Morgan fingerprint density at radius 3 is 2.67 bits per heavy atom. The minimum atomic E-state index is -0.388. The van der Waals surface area contributed by atoms with Gasteiger partial charge in [-0.2, -0.15) is 17.0 Å². The normalized spacial score (nSPS) is 11.9. The van der Waals surface area contributed by atoms with Gasteiger partial charge < -0.3 is 10.6 Å². The molecule has 1 aromatic rings. The molecule has 0 aromatic heterocycles. The maximum absolute atomic E-state index is 13.8. The molecule has 0 aliphatic rings. The van der Waals surface area contributed by atoms with Crippen molar-refractivity contribution in [1.82, 2.24) is 10.6 Å². The largest absolute Gasteiger partial charge is 0.355 e. The highest BCUT2D eigenvalue weighted by Gasteiger charge is 2.16. The molecule has 1 rings (SSSR count). The van der Waals surface area contributed by atoms with Crippen LogP contribution in [0.2, 0.25) is 0 Å². The first kappa shape index (κ1) is 17.3. The third-order valence-electron chi connectivity index (χ3n) is 3.09. The Hall–Kier alpha value is -1.74. The third kappa shape index (κ3) is 5.64. The predicted octanol–water partition coefficient (Wildman–Crippen LogP) is 2.50. The molecule has 0 saturated carbocycles. The Labute approximate surface area is 129 Å². The lowest BCUT2D eigenvalue weighted by Crippen LogP contribution is -2.43. The molecule has 0 saturated heterocycles. The van der Waals surface area contributed by atoms with Crippen molar-refractivity contribution in [2.45, 2.75) is 25.1 Å². The SMILES string of the molecule is CN=C(NCc1ccc(C#N)cc1F)NCC(C)(C)SC. The Balaban J connectivity index is 2.59. The summed E-state index contributed by atoms with van der Waals surface area (Å²) in [6.07, 6.45) is 2.06. The number of nitriles is 1. The molecule has 1 aromatic carbocycles. The summed E-state index contributed by atoms with van der Waals surface area (Å²) < 4.78 is 13.9. The number of aliphatic imine (C=N–C) groups is 1. The molecule has 0 heterocycles. The number of guanidine groups is 1. The smallest absolute Gasteiger partial charge is 0.191 e. The van der Waals surface area contributed by atoms with Crippen LogP contribution >= 0.6 is 11.8 Å². The fourth-order valence-electron chi connectivity index (χ4n) is 1.53. The van der Waals surface area contributed by atoms with E-state index in [-0.39, 0.29) is 10.6 Å². The summed E-state index contributed by atoms with van der Waals surface area (Å²) >= 11 is 1.76. The molecule has 0 aliphatic carbocycles. The van der Waals surface area contributed by atoms with E-state index in [9.17, 15) is 4.39 Å². The van der Waals surface area contributed by atoms with Gasteiger partial charge in [-0.1, -0.05) is 6.07 Å². The van der Waals surface area contributed by atoms with Crippen molar-refractivity contribution in [3.05, 3.63) is 35.1 Å². The molecular weight excluding hydrogens is 287 g/mol. The lowest BCUT2D eigenvalue weighted by molar-refractivity contribution is 0.602. The summed E-state index contributed by atoms with van der Waals surface area (Å²) in [6.45, 7) is 5.34. The molecule has 4 nitrogen and oxygen atoms in total. The van der Waals surface area contributed by atoms with Crippen molar-refractivity contribution in [1.29, 1.82) is 5.26 Å². The van der Waals surface area contributed by atoms with Gasteiger partial charge in [-0.3, -0.25) is 4.99 Å². The van der Waals surface area contributed by atoms with Gasteiger partial charge in [-0.25, -0.2) is 4.39 Å². The van der Waals surface area contributed by atoms with E-state index in [4.69, 9.17) is 5.26 Å². The van der Waals surface area contributed by atoms with E-state index in [1.54, 1.807) is 30.9 Å². The maximum atomic E-state index is 13.8. The van der Waals surface area contributed by atoms with E-state index in [1.807, 2.05) is 6.07 Å². The molecule has 2 N–H and O–H groups in total. The molecule has 0 unspecified atom stereocenters. The number of hydrogen-bond donors (Lipinski definition) is 2. The van der Waals surface area contributed by atoms with E-state index in [0.717, 1.165) is 6.54 Å². The van der Waals surface area contributed by atoms with Crippen LogP contribution in [0.4, 0.5) is 4.39 Å². The summed E-state index contributed by atoms with van der Waals surface area (Å²) in [5, 5.41) is 15.0. The molecule has 0 spiro atoms. The second-order valence-electron chi connectivity index (χ2n) is 5.16. The minimum absolute atomic E-state index is 0.0946. The number of nitrogens with one attached hydrogen (secondary N) is 2. The quantitative estimate of drug-likeness (QED) is 0.648. The van der Waals surface area contributed by atoms with Crippen molar-refractivity contribution < 1.29 is 4.39 Å². The molecule has 114 valence electrons. The summed E-state index contributed by atoms with van der Waals surface area (Å²) in [4.78, 5) is 4.11. The second kappa shape index (κ2) is 7.89. The van der Waals surface area contributed by atoms with Crippen molar-refractivity contribution in [3.63, 3.8) is 0 Å². The number of benzene rings is 1. The minimum Gasteiger partial charge on any atom is -0.355 e. The molecule has 0 aliphatic heterocycles. The molecule has 0 amide bonds. The van der Waals surface area contributed by atoms with E-state index in [1.165, 1.54) is 6.07 Å². The summed E-state index contributed by atoms with van der Waals surface area (Å²) in [5.74, 6) is 0.238. The number of halogens is 1. The predicted molar refractivity (Wildman–Crippen MR) is 86.9 cm³/mol. The zero-order valence-corrected chi connectivity index (χ0v) is 13.6. The van der Waals surface area contributed by atoms with Crippen molar-refractivity contribution in [2.24, 2.45) is 4.99 Å². The first-order valence-corrected chi connectivity index (χ1v) is 7.82.